The monoisotopic (exact) mass is 729 g/mol. The predicted molar refractivity (Wildman–Crippen MR) is 174 cm³/mol. The highest BCUT2D eigenvalue weighted by molar-refractivity contribution is 7.89. The normalized spacial score (nSPS) is 16.8. The summed E-state index contributed by atoms with van der Waals surface area (Å²) in [5.74, 6) is -13.5. The number of carbonyl (C=O) groups excluding carboxylic acids is 2. The van der Waals surface area contributed by atoms with Crippen molar-refractivity contribution in [3.63, 3.8) is 0 Å². The van der Waals surface area contributed by atoms with Crippen molar-refractivity contribution < 1.29 is 49.5 Å². The van der Waals surface area contributed by atoms with E-state index >= 15 is 0 Å². The van der Waals surface area contributed by atoms with E-state index in [1.807, 2.05) is 54.6 Å². The van der Waals surface area contributed by atoms with Gasteiger partial charge in [0, 0.05) is 31.0 Å². The number of sulfonamides is 1. The number of halogens is 5. The van der Waals surface area contributed by atoms with Gasteiger partial charge in [-0.15, -0.1) is 0 Å². The van der Waals surface area contributed by atoms with Crippen molar-refractivity contribution in [1.82, 2.24) is 9.79 Å². The van der Waals surface area contributed by atoms with E-state index in [2.05, 4.69) is 5.48 Å². The van der Waals surface area contributed by atoms with Gasteiger partial charge in [0.15, 0.2) is 28.2 Å². The van der Waals surface area contributed by atoms with Gasteiger partial charge in [0.05, 0.1) is 13.2 Å². The number of nitrogens with zero attached hydrogens (tertiary/aromatic N) is 2. The Morgan fingerprint density at radius 2 is 1.39 bits per heavy atom. The Balaban J connectivity index is 1.25. The summed E-state index contributed by atoms with van der Waals surface area (Å²) in [5.41, 5.74) is 5.35. The van der Waals surface area contributed by atoms with E-state index in [1.165, 1.54) is 29.2 Å². The van der Waals surface area contributed by atoms with Crippen molar-refractivity contribution in [3.05, 3.63) is 130 Å². The Kier molecular flexibility index (Phi) is 10.8. The lowest BCUT2D eigenvalue weighted by Gasteiger charge is -2.41. The minimum Gasteiger partial charge on any atom is -0.381 e. The van der Waals surface area contributed by atoms with Gasteiger partial charge >= 0.3 is 0 Å². The second kappa shape index (κ2) is 15.3. The van der Waals surface area contributed by atoms with E-state index in [4.69, 9.17) is 9.57 Å². The van der Waals surface area contributed by atoms with Crippen LogP contribution in [-0.2, 0) is 37.5 Å². The van der Waals surface area contributed by atoms with Crippen LogP contribution in [0.3, 0.4) is 0 Å². The average Bonchev–Trinajstić information content (AvgIpc) is 3.12. The summed E-state index contributed by atoms with van der Waals surface area (Å²) in [4.78, 5) is 31.3. The van der Waals surface area contributed by atoms with Crippen molar-refractivity contribution in [3.8, 4) is 0 Å². The molecule has 2 heterocycles. The first-order chi connectivity index (χ1) is 24.5. The highest BCUT2D eigenvalue weighted by atomic mass is 32.2. The van der Waals surface area contributed by atoms with Crippen molar-refractivity contribution in [2.24, 2.45) is 0 Å². The van der Waals surface area contributed by atoms with Crippen LogP contribution in [0.1, 0.15) is 52.2 Å². The summed E-state index contributed by atoms with van der Waals surface area (Å²) < 4.78 is 103. The topological polar surface area (TPSA) is 105 Å². The molecule has 0 saturated carbocycles. The first-order valence-corrected chi connectivity index (χ1v) is 17.5. The van der Waals surface area contributed by atoms with Gasteiger partial charge < -0.3 is 9.64 Å². The number of nitrogens with one attached hydrogen (secondary N) is 1. The summed E-state index contributed by atoms with van der Waals surface area (Å²) in [6.45, 7) is 0.924. The van der Waals surface area contributed by atoms with E-state index < -0.39 is 68.4 Å². The maximum Gasteiger partial charge on any atom is 0.274 e. The van der Waals surface area contributed by atoms with Crippen LogP contribution >= 0.6 is 0 Å². The number of amides is 2. The van der Waals surface area contributed by atoms with Gasteiger partial charge in [-0.3, -0.25) is 14.4 Å². The van der Waals surface area contributed by atoms with Crippen molar-refractivity contribution in [1.29, 1.82) is 0 Å². The molecule has 4 aromatic carbocycles. The lowest BCUT2D eigenvalue weighted by atomic mass is 9.91. The number of hydrogen-bond donors (Lipinski definition) is 1. The molecular weight excluding hydrogens is 697 g/mol. The van der Waals surface area contributed by atoms with Crippen LogP contribution in [0.15, 0.2) is 83.8 Å². The van der Waals surface area contributed by atoms with Gasteiger partial charge in [0.25, 0.3) is 5.91 Å². The fourth-order valence-electron chi connectivity index (χ4n) is 6.02. The first-order valence-electron chi connectivity index (χ1n) is 16.0. The number of carbonyl (C=O) groups is 2. The second-order valence-electron chi connectivity index (χ2n) is 12.1. The molecule has 51 heavy (non-hydrogen) atoms. The Morgan fingerprint density at radius 1 is 0.784 bits per heavy atom. The summed E-state index contributed by atoms with van der Waals surface area (Å²) in [7, 11) is -5.36. The highest BCUT2D eigenvalue weighted by Gasteiger charge is 2.48. The molecule has 1 atom stereocenters. The Bertz CT molecular complexity index is 1980. The molecule has 0 unspecified atom stereocenters. The fourth-order valence-corrected chi connectivity index (χ4v) is 7.77. The summed E-state index contributed by atoms with van der Waals surface area (Å²) in [6.07, 6.45) is 1.62. The third-order valence-electron chi connectivity index (χ3n) is 8.96. The van der Waals surface area contributed by atoms with Crippen molar-refractivity contribution >= 4 is 27.5 Å². The third-order valence-corrected chi connectivity index (χ3v) is 10.9. The molecule has 0 aliphatic carbocycles. The van der Waals surface area contributed by atoms with E-state index in [0.717, 1.165) is 24.0 Å². The molecule has 2 amide bonds. The van der Waals surface area contributed by atoms with Gasteiger partial charge in [-0.05, 0) is 66.1 Å². The molecule has 2 aliphatic heterocycles. The zero-order chi connectivity index (χ0) is 36.3. The zero-order valence-corrected chi connectivity index (χ0v) is 27.8. The van der Waals surface area contributed by atoms with Crippen LogP contribution in [0.2, 0.25) is 0 Å². The first kappa shape index (κ1) is 36.1. The number of rotatable bonds is 11. The SMILES string of the molecule is O=C(NOCc1ccccc1)c1ccc(N(Cc2ccc(C3CCOCC3)cc2)C(=O)[C@H]2CCN2S(=O)(=O)c2c(F)c(F)c(F)c(F)c2F)cc1. The van der Waals surface area contributed by atoms with E-state index in [1.54, 1.807) is 0 Å². The molecule has 2 aliphatic rings. The molecule has 2 fully saturated rings. The molecule has 0 spiro atoms. The quantitative estimate of drug-likeness (QED) is 0.0862. The molecule has 1 N–H and O–H groups in total. The van der Waals surface area contributed by atoms with Crippen LogP contribution in [0.25, 0.3) is 0 Å². The third kappa shape index (κ3) is 7.52. The smallest absolute Gasteiger partial charge is 0.274 e. The standard InChI is InChI=1S/C36H32F5N3O6S/c37-29-30(38)32(40)34(33(41)31(29)39)51(47,48)44-17-14-28(44)36(46)43(20-22-6-8-24(9-7-22)25-15-18-49-19-16-25)27-12-10-26(11-13-27)35(45)42-50-21-23-4-2-1-3-5-23/h1-13,25,28H,14-21H2,(H,42,45)/t28-/m1/s1. The zero-order valence-electron chi connectivity index (χ0n) is 27.0. The van der Waals surface area contributed by atoms with Crippen molar-refractivity contribution in [2.45, 2.75) is 49.3 Å². The van der Waals surface area contributed by atoms with Gasteiger partial charge in [0.2, 0.25) is 21.7 Å². The molecule has 2 saturated heterocycles. The molecular formula is C36H32F5N3O6S. The lowest BCUT2D eigenvalue weighted by molar-refractivity contribution is -0.125. The van der Waals surface area contributed by atoms with Crippen LogP contribution in [-0.4, -0.2) is 50.3 Å². The van der Waals surface area contributed by atoms with Gasteiger partial charge in [0.1, 0.15) is 6.04 Å². The number of hydroxylamine groups is 1. The molecule has 268 valence electrons. The van der Waals surface area contributed by atoms with Crippen molar-refractivity contribution in [2.75, 3.05) is 24.7 Å². The lowest BCUT2D eigenvalue weighted by Crippen LogP contribution is -2.59. The van der Waals surface area contributed by atoms with Crippen LogP contribution in [0.5, 0.6) is 0 Å². The Morgan fingerprint density at radius 3 is 1.98 bits per heavy atom. The predicted octanol–water partition coefficient (Wildman–Crippen LogP) is 6.13. The van der Waals surface area contributed by atoms with E-state index in [0.29, 0.717) is 29.0 Å². The van der Waals surface area contributed by atoms with Crippen LogP contribution < -0.4 is 10.4 Å². The van der Waals surface area contributed by atoms with Crippen LogP contribution in [0, 0.1) is 29.1 Å². The molecule has 9 nitrogen and oxygen atoms in total. The maximum absolute atomic E-state index is 14.6. The summed E-state index contributed by atoms with van der Waals surface area (Å²) in [5, 5.41) is 0. The molecule has 6 rings (SSSR count). The van der Waals surface area contributed by atoms with Gasteiger partial charge in [-0.25, -0.2) is 35.8 Å². The molecule has 0 bridgehead atoms. The largest absolute Gasteiger partial charge is 0.381 e. The minimum absolute atomic E-state index is 0.0778. The Labute approximate surface area is 290 Å². The molecule has 4 aromatic rings. The maximum atomic E-state index is 14.6. The molecule has 0 aromatic heterocycles. The number of anilines is 1. The summed E-state index contributed by atoms with van der Waals surface area (Å²) >= 11 is 0. The number of hydrogen-bond acceptors (Lipinski definition) is 6. The van der Waals surface area contributed by atoms with E-state index in [-0.39, 0.29) is 30.8 Å². The highest BCUT2D eigenvalue weighted by Crippen LogP contribution is 2.35. The van der Waals surface area contributed by atoms with E-state index in [9.17, 15) is 40.0 Å². The molecule has 0 radical (unpaired) electrons. The van der Waals surface area contributed by atoms with Gasteiger partial charge in [-0.2, -0.15) is 4.31 Å². The molecule has 15 heteroatoms. The Hall–Kier alpha value is -4.70. The number of benzene rings is 4. The minimum atomic E-state index is -5.36. The summed E-state index contributed by atoms with van der Waals surface area (Å²) in [6, 6.07) is 20.9. The number of ether oxygens (including phenoxy) is 1. The van der Waals surface area contributed by atoms with Crippen LogP contribution in [0.4, 0.5) is 27.6 Å². The fraction of sp³-hybridized carbons (Fsp3) is 0.278. The van der Waals surface area contributed by atoms with Gasteiger partial charge in [-0.1, -0.05) is 54.6 Å². The average molecular weight is 730 g/mol. The second-order valence-corrected chi connectivity index (χ2v) is 14.0.